The summed E-state index contributed by atoms with van der Waals surface area (Å²) in [6.07, 6.45) is 1.74. The highest BCUT2D eigenvalue weighted by molar-refractivity contribution is 9.10. The number of halogens is 3. The molecule has 0 radical (unpaired) electrons. The molecule has 19 heavy (non-hydrogen) atoms. The lowest BCUT2D eigenvalue weighted by atomic mass is 10.2. The maximum absolute atomic E-state index is 12.1. The van der Waals surface area contributed by atoms with Gasteiger partial charge in [-0.15, -0.1) is 0 Å². The molecular formula is C11H12BrCl2NO3S. The largest absolute Gasteiger partial charge is 0.377 e. The van der Waals surface area contributed by atoms with Crippen molar-refractivity contribution in [3.8, 4) is 0 Å². The summed E-state index contributed by atoms with van der Waals surface area (Å²) in [7, 11) is -3.68. The van der Waals surface area contributed by atoms with Crippen LogP contribution in [0.4, 0.5) is 0 Å². The second-order valence-electron chi connectivity index (χ2n) is 4.18. The molecular weight excluding hydrogens is 377 g/mol. The number of hydrogen-bond donors (Lipinski definition) is 1. The summed E-state index contributed by atoms with van der Waals surface area (Å²) in [4.78, 5) is -0.0274. The normalized spacial score (nSPS) is 19.8. The Hall–Kier alpha value is 0.150. The molecule has 1 fully saturated rings. The highest BCUT2D eigenvalue weighted by atomic mass is 79.9. The molecule has 4 nitrogen and oxygen atoms in total. The molecule has 1 saturated heterocycles. The number of rotatable bonds is 4. The quantitative estimate of drug-likeness (QED) is 0.805. The van der Waals surface area contributed by atoms with Gasteiger partial charge in [-0.05, 0) is 40.9 Å². The van der Waals surface area contributed by atoms with Crippen LogP contribution in [0.2, 0.25) is 10.0 Å². The van der Waals surface area contributed by atoms with E-state index in [1.54, 1.807) is 0 Å². The highest BCUT2D eigenvalue weighted by Gasteiger charge is 2.23. The molecule has 0 amide bonds. The van der Waals surface area contributed by atoms with Crippen molar-refractivity contribution < 1.29 is 13.2 Å². The molecule has 8 heteroatoms. The van der Waals surface area contributed by atoms with E-state index in [2.05, 4.69) is 20.7 Å². The molecule has 1 aromatic carbocycles. The van der Waals surface area contributed by atoms with Gasteiger partial charge in [0.15, 0.2) is 0 Å². The molecule has 0 bridgehead atoms. The first-order chi connectivity index (χ1) is 8.90. The third-order valence-electron chi connectivity index (χ3n) is 2.79. The Kier molecular flexibility index (Phi) is 5.14. The van der Waals surface area contributed by atoms with E-state index in [4.69, 9.17) is 27.9 Å². The van der Waals surface area contributed by atoms with Gasteiger partial charge < -0.3 is 4.74 Å². The smallest absolute Gasteiger partial charge is 0.242 e. The van der Waals surface area contributed by atoms with Crippen molar-refractivity contribution in [1.29, 1.82) is 0 Å². The van der Waals surface area contributed by atoms with E-state index in [-0.39, 0.29) is 22.6 Å². The van der Waals surface area contributed by atoms with Gasteiger partial charge in [0.1, 0.15) is 4.90 Å². The van der Waals surface area contributed by atoms with Crippen molar-refractivity contribution in [2.45, 2.75) is 23.8 Å². The molecule has 106 valence electrons. The molecule has 1 atom stereocenters. The summed E-state index contributed by atoms with van der Waals surface area (Å²) < 4.78 is 32.7. The summed E-state index contributed by atoms with van der Waals surface area (Å²) in [5, 5.41) is 0.415. The van der Waals surface area contributed by atoms with Crippen molar-refractivity contribution >= 4 is 49.2 Å². The monoisotopic (exact) mass is 387 g/mol. The topological polar surface area (TPSA) is 55.4 Å². The molecule has 0 spiro atoms. The summed E-state index contributed by atoms with van der Waals surface area (Å²) in [6.45, 7) is 0.920. The lowest BCUT2D eigenvalue weighted by Gasteiger charge is -2.12. The predicted octanol–water partition coefficient (Wildman–Crippen LogP) is 3.21. The van der Waals surface area contributed by atoms with Crippen molar-refractivity contribution in [2.75, 3.05) is 13.2 Å². The summed E-state index contributed by atoms with van der Waals surface area (Å²) in [5.74, 6) is 0. The van der Waals surface area contributed by atoms with Crippen LogP contribution in [0.25, 0.3) is 0 Å². The minimum atomic E-state index is -3.68. The van der Waals surface area contributed by atoms with Gasteiger partial charge in [-0.3, -0.25) is 0 Å². The van der Waals surface area contributed by atoms with Gasteiger partial charge in [-0.1, -0.05) is 23.2 Å². The maximum atomic E-state index is 12.1. The van der Waals surface area contributed by atoms with E-state index in [9.17, 15) is 8.42 Å². The van der Waals surface area contributed by atoms with E-state index >= 15 is 0 Å². The van der Waals surface area contributed by atoms with Gasteiger partial charge in [0.05, 0.1) is 16.1 Å². The zero-order valence-corrected chi connectivity index (χ0v) is 13.7. The molecule has 1 aromatic rings. The first-order valence-electron chi connectivity index (χ1n) is 5.66. The van der Waals surface area contributed by atoms with Crippen molar-refractivity contribution in [3.63, 3.8) is 0 Å². The third kappa shape index (κ3) is 3.83. The first-order valence-corrected chi connectivity index (χ1v) is 8.69. The van der Waals surface area contributed by atoms with Crippen LogP contribution in [0.3, 0.4) is 0 Å². The van der Waals surface area contributed by atoms with Gasteiger partial charge in [-0.25, -0.2) is 13.1 Å². The highest BCUT2D eigenvalue weighted by Crippen LogP contribution is 2.31. The summed E-state index contributed by atoms with van der Waals surface area (Å²) in [5.41, 5.74) is 0. The average molecular weight is 389 g/mol. The second-order valence-corrected chi connectivity index (χ2v) is 7.59. The Morgan fingerprint density at radius 3 is 2.74 bits per heavy atom. The summed E-state index contributed by atoms with van der Waals surface area (Å²) in [6, 6.07) is 2.79. The van der Waals surface area contributed by atoms with Crippen LogP contribution < -0.4 is 4.72 Å². The van der Waals surface area contributed by atoms with Crippen LogP contribution in [-0.4, -0.2) is 27.7 Å². The number of nitrogens with one attached hydrogen (secondary N) is 1. The number of ether oxygens (including phenoxy) is 1. The van der Waals surface area contributed by atoms with Crippen molar-refractivity contribution in [3.05, 3.63) is 26.7 Å². The van der Waals surface area contributed by atoms with Crippen LogP contribution in [-0.2, 0) is 14.8 Å². The predicted molar refractivity (Wildman–Crippen MR) is 78.3 cm³/mol. The second kappa shape index (κ2) is 6.28. The van der Waals surface area contributed by atoms with E-state index in [0.717, 1.165) is 12.8 Å². The zero-order valence-electron chi connectivity index (χ0n) is 9.83. The minimum absolute atomic E-state index is 0.0274. The molecule has 0 aliphatic carbocycles. The van der Waals surface area contributed by atoms with Crippen LogP contribution >= 0.6 is 39.1 Å². The molecule has 0 aromatic heterocycles. The zero-order chi connectivity index (χ0) is 14.0. The lowest BCUT2D eigenvalue weighted by Crippen LogP contribution is -2.32. The molecule has 1 aliphatic heterocycles. The third-order valence-corrected chi connectivity index (χ3v) is 5.87. The van der Waals surface area contributed by atoms with Crippen LogP contribution in [0.5, 0.6) is 0 Å². The van der Waals surface area contributed by atoms with Crippen LogP contribution in [0.15, 0.2) is 21.5 Å². The van der Waals surface area contributed by atoms with Gasteiger partial charge in [-0.2, -0.15) is 0 Å². The van der Waals surface area contributed by atoms with Gasteiger partial charge >= 0.3 is 0 Å². The number of sulfonamides is 1. The fraction of sp³-hybridized carbons (Fsp3) is 0.455. The number of benzene rings is 1. The van der Waals surface area contributed by atoms with E-state index < -0.39 is 10.0 Å². The molecule has 1 heterocycles. The van der Waals surface area contributed by atoms with Crippen molar-refractivity contribution in [2.24, 2.45) is 0 Å². The molecule has 0 saturated carbocycles. The lowest BCUT2D eigenvalue weighted by molar-refractivity contribution is 0.114. The Morgan fingerprint density at radius 1 is 1.37 bits per heavy atom. The molecule has 0 unspecified atom stereocenters. The minimum Gasteiger partial charge on any atom is -0.377 e. The fourth-order valence-corrected chi connectivity index (χ4v) is 4.12. The SMILES string of the molecule is O=S(=O)(NC[C@@H]1CCCO1)c1cc(Cl)c(Br)cc1Cl. The Balaban J connectivity index is 2.16. The molecule has 1 aliphatic rings. The van der Waals surface area contributed by atoms with Crippen molar-refractivity contribution in [1.82, 2.24) is 4.72 Å². The molecule has 1 N–H and O–H groups in total. The average Bonchev–Trinajstić information content (AvgIpc) is 2.84. The first kappa shape index (κ1) is 15.5. The Bertz CT molecular complexity index is 574. The van der Waals surface area contributed by atoms with Gasteiger partial charge in [0.25, 0.3) is 0 Å². The summed E-state index contributed by atoms with van der Waals surface area (Å²) >= 11 is 15.0. The van der Waals surface area contributed by atoms with Crippen LogP contribution in [0, 0.1) is 0 Å². The van der Waals surface area contributed by atoms with E-state index in [1.165, 1.54) is 12.1 Å². The number of hydrogen-bond acceptors (Lipinski definition) is 3. The molecule has 2 rings (SSSR count). The van der Waals surface area contributed by atoms with Gasteiger partial charge in [0.2, 0.25) is 10.0 Å². The van der Waals surface area contributed by atoms with E-state index in [1.807, 2.05) is 0 Å². The standard InChI is InChI=1S/C11H12BrCl2NO3S/c12-8-4-10(14)11(5-9(8)13)19(16,17)15-6-7-2-1-3-18-7/h4-5,7,15H,1-3,6H2/t7-/m0/s1. The Morgan fingerprint density at radius 2 is 2.11 bits per heavy atom. The van der Waals surface area contributed by atoms with Gasteiger partial charge in [0, 0.05) is 17.6 Å². The van der Waals surface area contributed by atoms with Crippen LogP contribution in [0.1, 0.15) is 12.8 Å². The van der Waals surface area contributed by atoms with E-state index in [0.29, 0.717) is 16.1 Å². The maximum Gasteiger partial charge on any atom is 0.242 e. The Labute approximate surface area is 130 Å². The fourth-order valence-electron chi connectivity index (χ4n) is 1.80.